The monoisotopic (exact) mass is 246 g/mol. The van der Waals surface area contributed by atoms with E-state index in [1.807, 2.05) is 4.90 Å². The highest BCUT2D eigenvalue weighted by Crippen LogP contribution is 2.10. The topological polar surface area (TPSA) is 60.4 Å². The zero-order valence-corrected chi connectivity index (χ0v) is 10.1. The first kappa shape index (κ1) is 13.1. The second-order valence-electron chi connectivity index (χ2n) is 3.06. The average Bonchev–Trinajstić information content (AvgIpc) is 2.29. The number of rotatable bonds is 7. The van der Waals surface area contributed by atoms with E-state index in [4.69, 9.17) is 21.1 Å². The highest BCUT2D eigenvalue weighted by Gasteiger charge is 2.08. The number of ether oxygens (including phenoxy) is 2. The highest BCUT2D eigenvalue weighted by molar-refractivity contribution is 6.28. The lowest BCUT2D eigenvalue weighted by Gasteiger charge is -2.22. The molecule has 0 N–H and O–H groups in total. The quantitative estimate of drug-likeness (QED) is 0.703. The molecule has 90 valence electrons. The lowest BCUT2D eigenvalue weighted by atomic mass is 10.4. The second-order valence-corrected chi connectivity index (χ2v) is 3.39. The van der Waals surface area contributed by atoms with Gasteiger partial charge in [0.05, 0.1) is 19.4 Å². The molecule has 0 spiro atoms. The fourth-order valence-corrected chi connectivity index (χ4v) is 1.30. The van der Waals surface area contributed by atoms with Crippen molar-refractivity contribution in [2.75, 3.05) is 45.4 Å². The number of halogens is 1. The predicted octanol–water partition coefficient (Wildman–Crippen LogP) is 0.624. The van der Waals surface area contributed by atoms with E-state index >= 15 is 0 Å². The molecule has 1 aromatic rings. The molecule has 0 saturated heterocycles. The standard InChI is InChI=1S/C9H15ClN4O2/c1-15-5-3-14(4-6-16-2)8-7-11-13-9(10)12-8/h7H,3-6H2,1-2H3. The van der Waals surface area contributed by atoms with Crippen molar-refractivity contribution in [1.29, 1.82) is 0 Å². The maximum atomic E-state index is 5.68. The molecular formula is C9H15ClN4O2. The van der Waals surface area contributed by atoms with E-state index in [0.29, 0.717) is 32.1 Å². The summed E-state index contributed by atoms with van der Waals surface area (Å²) in [6.45, 7) is 2.61. The molecule has 0 aliphatic rings. The molecule has 0 unspecified atom stereocenters. The lowest BCUT2D eigenvalue weighted by molar-refractivity contribution is 0.190. The van der Waals surface area contributed by atoms with Gasteiger partial charge in [0.15, 0.2) is 5.82 Å². The van der Waals surface area contributed by atoms with Crippen molar-refractivity contribution in [3.63, 3.8) is 0 Å². The molecule has 6 nitrogen and oxygen atoms in total. The van der Waals surface area contributed by atoms with E-state index in [0.717, 1.165) is 0 Å². The van der Waals surface area contributed by atoms with Gasteiger partial charge in [-0.25, -0.2) is 0 Å². The lowest BCUT2D eigenvalue weighted by Crippen LogP contribution is -2.31. The zero-order valence-electron chi connectivity index (χ0n) is 9.39. The van der Waals surface area contributed by atoms with Crippen LogP contribution in [0.15, 0.2) is 6.20 Å². The molecule has 16 heavy (non-hydrogen) atoms. The third kappa shape index (κ3) is 4.26. The van der Waals surface area contributed by atoms with Crippen LogP contribution in [-0.4, -0.2) is 55.7 Å². The Morgan fingerprint density at radius 3 is 2.38 bits per heavy atom. The first-order valence-corrected chi connectivity index (χ1v) is 5.23. The molecule has 0 bridgehead atoms. The van der Waals surface area contributed by atoms with Crippen LogP contribution in [0.2, 0.25) is 5.28 Å². The summed E-state index contributed by atoms with van der Waals surface area (Å²) >= 11 is 5.68. The Morgan fingerprint density at radius 2 is 1.88 bits per heavy atom. The Morgan fingerprint density at radius 1 is 1.25 bits per heavy atom. The van der Waals surface area contributed by atoms with Crippen LogP contribution >= 0.6 is 11.6 Å². The number of hydrogen-bond donors (Lipinski definition) is 0. The Labute approximate surface area is 99.5 Å². The van der Waals surface area contributed by atoms with Gasteiger partial charge in [0.2, 0.25) is 5.28 Å². The van der Waals surface area contributed by atoms with Gasteiger partial charge in [-0.3, -0.25) is 0 Å². The van der Waals surface area contributed by atoms with Gasteiger partial charge in [-0.1, -0.05) is 0 Å². The summed E-state index contributed by atoms with van der Waals surface area (Å²) in [4.78, 5) is 6.07. The summed E-state index contributed by atoms with van der Waals surface area (Å²) in [6, 6.07) is 0. The largest absolute Gasteiger partial charge is 0.383 e. The van der Waals surface area contributed by atoms with Crippen LogP contribution in [0.25, 0.3) is 0 Å². The maximum Gasteiger partial charge on any atom is 0.244 e. The number of aromatic nitrogens is 3. The number of methoxy groups -OCH3 is 2. The molecule has 0 radical (unpaired) electrons. The van der Waals surface area contributed by atoms with Crippen molar-refractivity contribution in [3.05, 3.63) is 11.5 Å². The van der Waals surface area contributed by atoms with Crippen molar-refractivity contribution in [1.82, 2.24) is 15.2 Å². The number of nitrogens with zero attached hydrogens (tertiary/aromatic N) is 4. The summed E-state index contributed by atoms with van der Waals surface area (Å²) < 4.78 is 10.0. The summed E-state index contributed by atoms with van der Waals surface area (Å²) in [5.41, 5.74) is 0. The van der Waals surface area contributed by atoms with Crippen molar-refractivity contribution >= 4 is 17.4 Å². The van der Waals surface area contributed by atoms with E-state index < -0.39 is 0 Å². The van der Waals surface area contributed by atoms with E-state index in [1.165, 1.54) is 0 Å². The van der Waals surface area contributed by atoms with Crippen molar-refractivity contribution < 1.29 is 9.47 Å². The average molecular weight is 247 g/mol. The van der Waals surface area contributed by atoms with E-state index in [2.05, 4.69) is 15.2 Å². The molecular weight excluding hydrogens is 232 g/mol. The Kier molecular flexibility index (Phi) is 5.99. The van der Waals surface area contributed by atoms with Gasteiger partial charge in [-0.2, -0.15) is 10.1 Å². The van der Waals surface area contributed by atoms with Gasteiger partial charge in [-0.15, -0.1) is 5.10 Å². The smallest absolute Gasteiger partial charge is 0.244 e. The molecule has 0 aromatic carbocycles. The molecule has 0 saturated carbocycles. The summed E-state index contributed by atoms with van der Waals surface area (Å²) in [5, 5.41) is 7.49. The molecule has 0 aliphatic carbocycles. The van der Waals surface area contributed by atoms with Crippen LogP contribution in [0.1, 0.15) is 0 Å². The Balaban J connectivity index is 2.66. The predicted molar refractivity (Wildman–Crippen MR) is 60.8 cm³/mol. The minimum absolute atomic E-state index is 0.136. The van der Waals surface area contributed by atoms with E-state index in [-0.39, 0.29) is 5.28 Å². The normalized spacial score (nSPS) is 10.4. The minimum atomic E-state index is 0.136. The first-order valence-electron chi connectivity index (χ1n) is 4.86. The molecule has 1 heterocycles. The fourth-order valence-electron chi connectivity index (χ4n) is 1.17. The van der Waals surface area contributed by atoms with Crippen molar-refractivity contribution in [2.24, 2.45) is 0 Å². The van der Waals surface area contributed by atoms with Gasteiger partial charge >= 0.3 is 0 Å². The summed E-state index contributed by atoms with van der Waals surface area (Å²) in [6.07, 6.45) is 1.57. The molecule has 0 atom stereocenters. The molecule has 0 aliphatic heterocycles. The third-order valence-electron chi connectivity index (χ3n) is 1.97. The van der Waals surface area contributed by atoms with Crippen LogP contribution in [0.5, 0.6) is 0 Å². The maximum absolute atomic E-state index is 5.68. The van der Waals surface area contributed by atoms with E-state index in [1.54, 1.807) is 20.4 Å². The molecule has 1 rings (SSSR count). The van der Waals surface area contributed by atoms with Gasteiger partial charge in [-0.05, 0) is 11.6 Å². The molecule has 1 aromatic heterocycles. The first-order chi connectivity index (χ1) is 7.77. The van der Waals surface area contributed by atoms with Crippen LogP contribution in [0.4, 0.5) is 5.82 Å². The van der Waals surface area contributed by atoms with Gasteiger partial charge < -0.3 is 14.4 Å². The summed E-state index contributed by atoms with van der Waals surface area (Å²) in [5.74, 6) is 0.675. The van der Waals surface area contributed by atoms with Gasteiger partial charge in [0.25, 0.3) is 0 Å². The second kappa shape index (κ2) is 7.32. The molecule has 0 fully saturated rings. The van der Waals surface area contributed by atoms with Crippen LogP contribution in [0.3, 0.4) is 0 Å². The molecule has 7 heteroatoms. The Bertz CT molecular complexity index is 305. The Hall–Kier alpha value is -0.980. The SMILES string of the molecule is COCCN(CCOC)c1cnnc(Cl)n1. The third-order valence-corrected chi connectivity index (χ3v) is 2.14. The number of hydrogen-bond acceptors (Lipinski definition) is 6. The summed E-state index contributed by atoms with van der Waals surface area (Å²) in [7, 11) is 3.30. The van der Waals surface area contributed by atoms with Crippen molar-refractivity contribution in [2.45, 2.75) is 0 Å². The van der Waals surface area contributed by atoms with Crippen LogP contribution in [-0.2, 0) is 9.47 Å². The van der Waals surface area contributed by atoms with Crippen LogP contribution in [0, 0.1) is 0 Å². The van der Waals surface area contributed by atoms with Gasteiger partial charge in [0, 0.05) is 27.3 Å². The van der Waals surface area contributed by atoms with E-state index in [9.17, 15) is 0 Å². The number of anilines is 1. The zero-order chi connectivity index (χ0) is 11.8. The molecule has 0 amide bonds. The van der Waals surface area contributed by atoms with Crippen LogP contribution < -0.4 is 4.90 Å². The minimum Gasteiger partial charge on any atom is -0.383 e. The van der Waals surface area contributed by atoms with Crippen molar-refractivity contribution in [3.8, 4) is 0 Å². The van der Waals surface area contributed by atoms with Gasteiger partial charge in [0.1, 0.15) is 0 Å². The highest BCUT2D eigenvalue weighted by atomic mass is 35.5. The fraction of sp³-hybridized carbons (Fsp3) is 0.667.